The summed E-state index contributed by atoms with van der Waals surface area (Å²) < 4.78 is 16.8. The van der Waals surface area contributed by atoms with Crippen LogP contribution in [-0.2, 0) is 20.3 Å². The van der Waals surface area contributed by atoms with Crippen LogP contribution in [0.15, 0.2) is 42.6 Å². The zero-order chi connectivity index (χ0) is 21.1. The predicted octanol–water partition coefficient (Wildman–Crippen LogP) is 1.78. The van der Waals surface area contributed by atoms with Crippen molar-refractivity contribution < 1.29 is 18.5 Å². The molecule has 4 rings (SSSR count). The Bertz CT molecular complexity index is 938. The average molecular weight is 429 g/mol. The predicted molar refractivity (Wildman–Crippen MR) is 116 cm³/mol. The molecule has 1 aromatic carbocycles. The minimum Gasteiger partial charge on any atom is -0.442 e. The normalized spacial score (nSPS) is 19.6. The Labute approximate surface area is 177 Å². The van der Waals surface area contributed by atoms with E-state index in [1.807, 2.05) is 42.6 Å². The summed E-state index contributed by atoms with van der Waals surface area (Å²) in [6.45, 7) is 3.67. The molecule has 30 heavy (non-hydrogen) atoms. The van der Waals surface area contributed by atoms with Gasteiger partial charge in [0.05, 0.1) is 13.1 Å². The lowest BCUT2D eigenvalue weighted by Gasteiger charge is -2.27. The van der Waals surface area contributed by atoms with Crippen LogP contribution >= 0.6 is 0 Å². The van der Waals surface area contributed by atoms with E-state index in [4.69, 9.17) is 4.74 Å². The summed E-state index contributed by atoms with van der Waals surface area (Å²) in [7, 11) is -0.706. The average Bonchev–Trinajstić information content (AvgIpc) is 3.14. The molecule has 1 N–H and O–H groups in total. The van der Waals surface area contributed by atoms with Gasteiger partial charge in [-0.25, -0.2) is 9.78 Å². The second kappa shape index (κ2) is 8.83. The van der Waals surface area contributed by atoms with E-state index in [0.717, 1.165) is 35.7 Å². The molecule has 9 heteroatoms. The van der Waals surface area contributed by atoms with Crippen LogP contribution in [-0.4, -0.2) is 65.0 Å². The number of benzene rings is 1. The van der Waals surface area contributed by atoms with Crippen LogP contribution in [0.25, 0.3) is 11.1 Å². The number of nitrogens with zero attached hydrogens (tertiary/aromatic N) is 3. The van der Waals surface area contributed by atoms with E-state index in [-0.39, 0.29) is 12.0 Å². The van der Waals surface area contributed by atoms with Crippen molar-refractivity contribution in [2.24, 2.45) is 0 Å². The lowest BCUT2D eigenvalue weighted by Crippen LogP contribution is -2.38. The van der Waals surface area contributed by atoms with Crippen molar-refractivity contribution in [3.05, 3.63) is 42.6 Å². The molecule has 1 unspecified atom stereocenters. The Kier molecular flexibility index (Phi) is 5.98. The van der Waals surface area contributed by atoms with Crippen LogP contribution < -0.4 is 15.1 Å². The van der Waals surface area contributed by atoms with Gasteiger partial charge in [-0.3, -0.25) is 13.9 Å². The van der Waals surface area contributed by atoms with E-state index < -0.39 is 16.9 Å². The number of amides is 2. The molecule has 2 aliphatic heterocycles. The third-order valence-electron chi connectivity index (χ3n) is 5.21. The molecule has 0 spiro atoms. The third kappa shape index (κ3) is 4.62. The van der Waals surface area contributed by atoms with Crippen molar-refractivity contribution in [1.82, 2.24) is 10.3 Å². The van der Waals surface area contributed by atoms with Crippen LogP contribution in [0.3, 0.4) is 0 Å². The quantitative estimate of drug-likeness (QED) is 0.781. The molecular weight excluding hydrogens is 404 g/mol. The van der Waals surface area contributed by atoms with Crippen LogP contribution in [0.5, 0.6) is 0 Å². The molecule has 3 heterocycles. The van der Waals surface area contributed by atoms with Gasteiger partial charge in [0.1, 0.15) is 11.9 Å². The Hall–Kier alpha value is -2.94. The van der Waals surface area contributed by atoms with Crippen LogP contribution in [0.4, 0.5) is 16.3 Å². The fraction of sp³-hybridized carbons (Fsp3) is 0.381. The summed E-state index contributed by atoms with van der Waals surface area (Å²) in [4.78, 5) is 31.5. The van der Waals surface area contributed by atoms with Crippen LogP contribution in [0.2, 0.25) is 0 Å². The summed E-state index contributed by atoms with van der Waals surface area (Å²) in [5, 5.41) is 2.67. The topological polar surface area (TPSA) is 91.8 Å². The molecule has 2 aromatic rings. The van der Waals surface area contributed by atoms with Crippen LogP contribution in [0.1, 0.15) is 6.92 Å². The van der Waals surface area contributed by atoms with E-state index in [1.54, 1.807) is 4.90 Å². The molecule has 158 valence electrons. The van der Waals surface area contributed by atoms with E-state index in [0.29, 0.717) is 24.6 Å². The van der Waals surface area contributed by atoms with Gasteiger partial charge in [-0.05, 0) is 29.8 Å². The number of cyclic esters (lactones) is 1. The van der Waals surface area contributed by atoms with Crippen molar-refractivity contribution in [2.45, 2.75) is 13.0 Å². The first-order valence-corrected chi connectivity index (χ1v) is 11.4. The molecule has 0 bridgehead atoms. The molecule has 0 aliphatic carbocycles. The lowest BCUT2D eigenvalue weighted by atomic mass is 10.1. The number of nitrogens with one attached hydrogen (secondary N) is 1. The lowest BCUT2D eigenvalue weighted by molar-refractivity contribution is -0.119. The Morgan fingerprint density at radius 2 is 1.87 bits per heavy atom. The third-order valence-corrected chi connectivity index (χ3v) is 6.49. The van der Waals surface area contributed by atoms with Gasteiger partial charge >= 0.3 is 6.09 Å². The standard InChI is InChI=1S/C21H24N4O4S/c1-15(26)22-13-19-14-25(21(27)29-19)18-5-2-16(3-6-18)17-4-7-20(23-12-17)24-8-10-30(28)11-9-24/h2-7,12,19H,8-11,13-14H2,1H3,(H,22,26). The first kappa shape index (κ1) is 20.3. The number of hydrogen-bond acceptors (Lipinski definition) is 6. The molecule has 0 saturated carbocycles. The molecule has 1 aromatic heterocycles. The van der Waals surface area contributed by atoms with Crippen molar-refractivity contribution >= 4 is 34.3 Å². The maximum Gasteiger partial charge on any atom is 0.414 e. The highest BCUT2D eigenvalue weighted by molar-refractivity contribution is 7.85. The minimum atomic E-state index is -0.706. The molecule has 2 amide bonds. The monoisotopic (exact) mass is 428 g/mol. The van der Waals surface area contributed by atoms with Gasteiger partial charge in [0.2, 0.25) is 5.91 Å². The molecule has 8 nitrogen and oxygen atoms in total. The zero-order valence-corrected chi connectivity index (χ0v) is 17.6. The Morgan fingerprint density at radius 3 is 2.50 bits per heavy atom. The van der Waals surface area contributed by atoms with Crippen molar-refractivity contribution in [3.63, 3.8) is 0 Å². The van der Waals surface area contributed by atoms with E-state index in [1.165, 1.54) is 6.92 Å². The second-order valence-corrected chi connectivity index (χ2v) is 9.04. The van der Waals surface area contributed by atoms with Gasteiger partial charge in [0, 0.05) is 59.8 Å². The summed E-state index contributed by atoms with van der Waals surface area (Å²) in [6, 6.07) is 11.7. The van der Waals surface area contributed by atoms with Gasteiger partial charge in [-0.2, -0.15) is 0 Å². The molecule has 2 saturated heterocycles. The molecule has 1 atom stereocenters. The minimum absolute atomic E-state index is 0.149. The van der Waals surface area contributed by atoms with E-state index >= 15 is 0 Å². The molecule has 2 fully saturated rings. The molecule has 2 aliphatic rings. The summed E-state index contributed by atoms with van der Waals surface area (Å²) in [6.07, 6.45) is 1.07. The summed E-state index contributed by atoms with van der Waals surface area (Å²) >= 11 is 0. The van der Waals surface area contributed by atoms with Gasteiger partial charge in [0.15, 0.2) is 0 Å². The van der Waals surface area contributed by atoms with Gasteiger partial charge in [-0.1, -0.05) is 12.1 Å². The summed E-state index contributed by atoms with van der Waals surface area (Å²) in [5.74, 6) is 2.13. The maximum absolute atomic E-state index is 12.2. The van der Waals surface area contributed by atoms with E-state index in [9.17, 15) is 13.8 Å². The fourth-order valence-corrected chi connectivity index (χ4v) is 4.59. The fourth-order valence-electron chi connectivity index (χ4n) is 3.54. The smallest absolute Gasteiger partial charge is 0.414 e. The number of ether oxygens (including phenoxy) is 1. The number of pyridine rings is 1. The zero-order valence-electron chi connectivity index (χ0n) is 16.7. The highest BCUT2D eigenvalue weighted by Crippen LogP contribution is 2.27. The largest absolute Gasteiger partial charge is 0.442 e. The highest BCUT2D eigenvalue weighted by Gasteiger charge is 2.32. The van der Waals surface area contributed by atoms with E-state index in [2.05, 4.69) is 15.2 Å². The Balaban J connectivity index is 1.40. The second-order valence-electron chi connectivity index (χ2n) is 7.34. The van der Waals surface area contributed by atoms with Gasteiger partial charge < -0.3 is 15.0 Å². The van der Waals surface area contributed by atoms with Crippen molar-refractivity contribution in [1.29, 1.82) is 0 Å². The van der Waals surface area contributed by atoms with Gasteiger partial charge in [-0.15, -0.1) is 0 Å². The van der Waals surface area contributed by atoms with Crippen LogP contribution in [0, 0.1) is 0 Å². The molecule has 0 radical (unpaired) electrons. The highest BCUT2D eigenvalue weighted by atomic mass is 32.2. The van der Waals surface area contributed by atoms with Gasteiger partial charge in [0.25, 0.3) is 0 Å². The SMILES string of the molecule is CC(=O)NCC1CN(c2ccc(-c3ccc(N4CCS(=O)CC4)nc3)cc2)C(=O)O1. The number of anilines is 2. The first-order valence-electron chi connectivity index (χ1n) is 9.88. The number of rotatable bonds is 5. The summed E-state index contributed by atoms with van der Waals surface area (Å²) in [5.41, 5.74) is 2.73. The van der Waals surface area contributed by atoms with Crippen molar-refractivity contribution in [3.8, 4) is 11.1 Å². The maximum atomic E-state index is 12.2. The number of aromatic nitrogens is 1. The molecular formula is C21H24N4O4S. The number of carbonyl (C=O) groups is 2. The number of carbonyl (C=O) groups excluding carboxylic acids is 2. The Morgan fingerprint density at radius 1 is 1.17 bits per heavy atom. The first-order chi connectivity index (χ1) is 14.5. The number of hydrogen-bond donors (Lipinski definition) is 1. The van der Waals surface area contributed by atoms with Crippen molar-refractivity contribution in [2.75, 3.05) is 47.5 Å².